The highest BCUT2D eigenvalue weighted by Gasteiger charge is 2.31. The first kappa shape index (κ1) is 10.6. The average Bonchev–Trinajstić information content (AvgIpc) is 2.62. The average molecular weight is 224 g/mol. The fourth-order valence-electron chi connectivity index (χ4n) is 1.63. The van der Waals surface area contributed by atoms with Crippen LogP contribution in [0, 0.1) is 0 Å². The molecule has 0 saturated carbocycles. The molecule has 0 spiro atoms. The molecule has 0 amide bonds. The van der Waals surface area contributed by atoms with Gasteiger partial charge in [0, 0.05) is 18.1 Å². The Morgan fingerprint density at radius 3 is 2.88 bits per heavy atom. The fourth-order valence-corrected chi connectivity index (χ4v) is 1.63. The number of aromatic hydroxyl groups is 2. The van der Waals surface area contributed by atoms with Crippen molar-refractivity contribution in [3.63, 3.8) is 0 Å². The van der Waals surface area contributed by atoms with Gasteiger partial charge in [0.05, 0.1) is 6.61 Å². The zero-order chi connectivity index (χ0) is 11.7. The van der Waals surface area contributed by atoms with Gasteiger partial charge < -0.3 is 19.7 Å². The SMILES string of the molecule is CCOC(=O)C1Cc2cc(O)c(O)cc2O1. The third-order valence-electron chi connectivity index (χ3n) is 2.38. The van der Waals surface area contributed by atoms with Gasteiger partial charge in [-0.15, -0.1) is 0 Å². The van der Waals surface area contributed by atoms with Gasteiger partial charge in [-0.3, -0.25) is 0 Å². The molecule has 0 aliphatic carbocycles. The van der Waals surface area contributed by atoms with Crippen molar-refractivity contribution < 1.29 is 24.5 Å². The Morgan fingerprint density at radius 2 is 2.19 bits per heavy atom. The predicted molar refractivity (Wildman–Crippen MR) is 54.5 cm³/mol. The molecular formula is C11H12O5. The lowest BCUT2D eigenvalue weighted by molar-refractivity contribution is -0.150. The summed E-state index contributed by atoms with van der Waals surface area (Å²) >= 11 is 0. The number of ether oxygens (including phenoxy) is 2. The topological polar surface area (TPSA) is 76.0 Å². The lowest BCUT2D eigenvalue weighted by atomic mass is 10.1. The van der Waals surface area contributed by atoms with Crippen molar-refractivity contribution in [2.24, 2.45) is 0 Å². The van der Waals surface area contributed by atoms with Crippen molar-refractivity contribution in [1.82, 2.24) is 0 Å². The lowest BCUT2D eigenvalue weighted by Crippen LogP contribution is -2.27. The molecule has 0 aromatic heterocycles. The molecule has 1 heterocycles. The molecule has 1 aromatic carbocycles. The van der Waals surface area contributed by atoms with Gasteiger partial charge in [-0.1, -0.05) is 0 Å². The van der Waals surface area contributed by atoms with Crippen LogP contribution in [0.25, 0.3) is 0 Å². The number of phenolic OH excluding ortho intramolecular Hbond substituents is 2. The van der Waals surface area contributed by atoms with Crippen molar-refractivity contribution in [1.29, 1.82) is 0 Å². The Hall–Kier alpha value is -1.91. The first-order valence-electron chi connectivity index (χ1n) is 5.00. The van der Waals surface area contributed by atoms with E-state index in [1.807, 2.05) is 0 Å². The molecule has 0 bridgehead atoms. The van der Waals surface area contributed by atoms with E-state index in [2.05, 4.69) is 0 Å². The summed E-state index contributed by atoms with van der Waals surface area (Å²) in [7, 11) is 0. The molecule has 2 rings (SSSR count). The molecule has 0 fully saturated rings. The molecule has 1 aromatic rings. The van der Waals surface area contributed by atoms with E-state index in [1.165, 1.54) is 12.1 Å². The van der Waals surface area contributed by atoms with E-state index >= 15 is 0 Å². The second-order valence-corrected chi connectivity index (χ2v) is 3.51. The Morgan fingerprint density at radius 1 is 1.50 bits per heavy atom. The highest BCUT2D eigenvalue weighted by molar-refractivity contribution is 5.77. The second kappa shape index (κ2) is 3.92. The van der Waals surface area contributed by atoms with Crippen LogP contribution < -0.4 is 4.74 Å². The molecule has 1 atom stereocenters. The van der Waals surface area contributed by atoms with Crippen LogP contribution in [0.3, 0.4) is 0 Å². The molecule has 0 radical (unpaired) electrons. The number of hydrogen-bond acceptors (Lipinski definition) is 5. The summed E-state index contributed by atoms with van der Waals surface area (Å²) < 4.78 is 10.1. The summed E-state index contributed by atoms with van der Waals surface area (Å²) in [5.74, 6) is -0.499. The summed E-state index contributed by atoms with van der Waals surface area (Å²) in [6, 6.07) is 2.69. The first-order valence-corrected chi connectivity index (χ1v) is 5.00. The zero-order valence-corrected chi connectivity index (χ0v) is 8.77. The third-order valence-corrected chi connectivity index (χ3v) is 2.38. The van der Waals surface area contributed by atoms with Gasteiger partial charge in [-0.25, -0.2) is 4.79 Å². The minimum Gasteiger partial charge on any atom is -0.504 e. The van der Waals surface area contributed by atoms with Gasteiger partial charge in [0.15, 0.2) is 17.6 Å². The highest BCUT2D eigenvalue weighted by Crippen LogP contribution is 2.37. The van der Waals surface area contributed by atoms with Gasteiger partial charge >= 0.3 is 5.97 Å². The van der Waals surface area contributed by atoms with E-state index < -0.39 is 12.1 Å². The van der Waals surface area contributed by atoms with Gasteiger partial charge in [0.1, 0.15) is 5.75 Å². The summed E-state index contributed by atoms with van der Waals surface area (Å²) in [5.41, 5.74) is 0.688. The molecule has 5 nitrogen and oxygen atoms in total. The maximum Gasteiger partial charge on any atom is 0.347 e. The van der Waals surface area contributed by atoms with Crippen LogP contribution >= 0.6 is 0 Å². The number of rotatable bonds is 2. The van der Waals surface area contributed by atoms with E-state index in [9.17, 15) is 15.0 Å². The number of benzene rings is 1. The number of carbonyl (C=O) groups is 1. The number of esters is 1. The van der Waals surface area contributed by atoms with Gasteiger partial charge in [0.25, 0.3) is 0 Å². The van der Waals surface area contributed by atoms with Gasteiger partial charge in [-0.05, 0) is 13.0 Å². The van der Waals surface area contributed by atoms with E-state index in [4.69, 9.17) is 9.47 Å². The monoisotopic (exact) mass is 224 g/mol. The Kier molecular flexibility index (Phi) is 2.60. The third kappa shape index (κ3) is 1.76. The standard InChI is InChI=1S/C11H12O5/c1-2-15-11(14)10-4-6-3-7(12)8(13)5-9(6)16-10/h3,5,10,12-13H,2,4H2,1H3. The normalized spacial score (nSPS) is 17.7. The molecule has 1 aliphatic heterocycles. The van der Waals surface area contributed by atoms with Gasteiger partial charge in [0.2, 0.25) is 0 Å². The van der Waals surface area contributed by atoms with Crippen molar-refractivity contribution in [3.05, 3.63) is 17.7 Å². The molecule has 16 heavy (non-hydrogen) atoms. The van der Waals surface area contributed by atoms with Crippen molar-refractivity contribution in [3.8, 4) is 17.2 Å². The lowest BCUT2D eigenvalue weighted by Gasteiger charge is -2.08. The number of phenols is 2. The van der Waals surface area contributed by atoms with E-state index in [0.717, 1.165) is 0 Å². The van der Waals surface area contributed by atoms with Crippen molar-refractivity contribution in [2.45, 2.75) is 19.4 Å². The van der Waals surface area contributed by atoms with Crippen LogP contribution in [0.15, 0.2) is 12.1 Å². The van der Waals surface area contributed by atoms with E-state index in [0.29, 0.717) is 24.3 Å². The zero-order valence-electron chi connectivity index (χ0n) is 8.77. The van der Waals surface area contributed by atoms with Crippen LogP contribution in [0.2, 0.25) is 0 Å². The van der Waals surface area contributed by atoms with Crippen LogP contribution in [0.4, 0.5) is 0 Å². The van der Waals surface area contributed by atoms with Crippen molar-refractivity contribution >= 4 is 5.97 Å². The number of hydrogen-bond donors (Lipinski definition) is 2. The molecule has 0 saturated heterocycles. The largest absolute Gasteiger partial charge is 0.504 e. The molecule has 5 heteroatoms. The van der Waals surface area contributed by atoms with Crippen LogP contribution in [0.1, 0.15) is 12.5 Å². The Bertz CT molecular complexity index is 396. The quantitative estimate of drug-likeness (QED) is 0.578. The molecule has 2 N–H and O–H groups in total. The summed E-state index contributed by atoms with van der Waals surface area (Å²) in [4.78, 5) is 11.4. The smallest absolute Gasteiger partial charge is 0.347 e. The summed E-state index contributed by atoms with van der Waals surface area (Å²) in [5, 5.41) is 18.6. The minimum atomic E-state index is -0.684. The van der Waals surface area contributed by atoms with Crippen molar-refractivity contribution in [2.75, 3.05) is 6.61 Å². The second-order valence-electron chi connectivity index (χ2n) is 3.51. The van der Waals surface area contributed by atoms with Gasteiger partial charge in [-0.2, -0.15) is 0 Å². The van der Waals surface area contributed by atoms with E-state index in [1.54, 1.807) is 6.92 Å². The Labute approximate surface area is 92.2 Å². The first-order chi connectivity index (χ1) is 7.61. The summed E-state index contributed by atoms with van der Waals surface area (Å²) in [6.07, 6.45) is -0.335. The summed E-state index contributed by atoms with van der Waals surface area (Å²) in [6.45, 7) is 2.02. The number of carbonyl (C=O) groups excluding carboxylic acids is 1. The van der Waals surface area contributed by atoms with E-state index in [-0.39, 0.29) is 11.5 Å². The molecule has 1 unspecified atom stereocenters. The molecule has 1 aliphatic rings. The van der Waals surface area contributed by atoms with Crippen LogP contribution in [-0.2, 0) is 16.0 Å². The number of fused-ring (bicyclic) bond motifs is 1. The molecular weight excluding hydrogens is 212 g/mol. The fraction of sp³-hybridized carbons (Fsp3) is 0.364. The predicted octanol–water partition coefficient (Wildman–Crippen LogP) is 0.964. The maximum absolute atomic E-state index is 11.4. The maximum atomic E-state index is 11.4. The van der Waals surface area contributed by atoms with Crippen LogP contribution in [-0.4, -0.2) is 28.9 Å². The minimum absolute atomic E-state index is 0.216. The Balaban J connectivity index is 2.18. The highest BCUT2D eigenvalue weighted by atomic mass is 16.6. The molecule has 86 valence electrons. The van der Waals surface area contributed by atoms with Crippen LogP contribution in [0.5, 0.6) is 17.2 Å².